The lowest BCUT2D eigenvalue weighted by Crippen LogP contribution is -2.36. The van der Waals surface area contributed by atoms with Gasteiger partial charge in [0.25, 0.3) is 0 Å². The van der Waals surface area contributed by atoms with Crippen LogP contribution in [0.4, 0.5) is 5.69 Å². The standard InChI is InChI=1S/C14H17N3O/c1-10(18)17-9-8-15-14(17)16-13-7-3-5-11-4-2-6-12(11)13/h3,5,7H,2,4,6,8-9H2,1H3,(H,15,16). The highest BCUT2D eigenvalue weighted by molar-refractivity contribution is 6.04. The summed E-state index contributed by atoms with van der Waals surface area (Å²) in [5.74, 6) is 0.745. The fourth-order valence-corrected chi connectivity index (χ4v) is 2.72. The molecule has 1 amide bonds. The highest BCUT2D eigenvalue weighted by atomic mass is 16.2. The van der Waals surface area contributed by atoms with Gasteiger partial charge < -0.3 is 5.32 Å². The molecule has 4 nitrogen and oxygen atoms in total. The number of nitrogens with zero attached hydrogens (tertiary/aromatic N) is 2. The number of fused-ring (bicyclic) bond motifs is 1. The van der Waals surface area contributed by atoms with Crippen molar-refractivity contribution in [1.82, 2.24) is 4.90 Å². The topological polar surface area (TPSA) is 44.7 Å². The molecule has 1 aliphatic heterocycles. The molecule has 0 spiro atoms. The van der Waals surface area contributed by atoms with Gasteiger partial charge in [-0.2, -0.15) is 0 Å². The van der Waals surface area contributed by atoms with Gasteiger partial charge in [0.15, 0.2) is 0 Å². The second-order valence-electron chi connectivity index (χ2n) is 4.80. The second-order valence-corrected chi connectivity index (χ2v) is 4.80. The average Bonchev–Trinajstić information content (AvgIpc) is 2.96. The van der Waals surface area contributed by atoms with Crippen molar-refractivity contribution in [2.45, 2.75) is 26.2 Å². The molecule has 1 heterocycles. The largest absolute Gasteiger partial charge is 0.326 e. The summed E-state index contributed by atoms with van der Waals surface area (Å²) in [6.07, 6.45) is 3.50. The van der Waals surface area contributed by atoms with Crippen LogP contribution < -0.4 is 5.32 Å². The maximum atomic E-state index is 11.5. The Morgan fingerprint density at radius 3 is 3.11 bits per heavy atom. The second kappa shape index (κ2) is 4.44. The fraction of sp³-hybridized carbons (Fsp3) is 0.429. The van der Waals surface area contributed by atoms with Crippen LogP contribution in [-0.4, -0.2) is 29.9 Å². The van der Waals surface area contributed by atoms with E-state index in [0.717, 1.165) is 18.5 Å². The number of aliphatic imine (C=N–C) groups is 1. The Morgan fingerprint density at radius 2 is 2.28 bits per heavy atom. The molecule has 94 valence electrons. The molecule has 0 unspecified atom stereocenters. The average molecular weight is 243 g/mol. The van der Waals surface area contributed by atoms with Crippen LogP contribution >= 0.6 is 0 Å². The number of anilines is 1. The number of guanidine groups is 1. The maximum absolute atomic E-state index is 11.5. The van der Waals surface area contributed by atoms with E-state index in [0.29, 0.717) is 19.0 Å². The van der Waals surface area contributed by atoms with Crippen molar-refractivity contribution in [2.24, 2.45) is 4.99 Å². The summed E-state index contributed by atoms with van der Waals surface area (Å²) >= 11 is 0. The Balaban J connectivity index is 1.85. The number of aryl methyl sites for hydroxylation is 1. The van der Waals surface area contributed by atoms with Crippen molar-refractivity contribution >= 4 is 17.6 Å². The highest BCUT2D eigenvalue weighted by Gasteiger charge is 2.22. The summed E-state index contributed by atoms with van der Waals surface area (Å²) in [5, 5.41) is 3.33. The quantitative estimate of drug-likeness (QED) is 0.817. The molecule has 0 radical (unpaired) electrons. The van der Waals surface area contributed by atoms with Gasteiger partial charge in [0, 0.05) is 19.2 Å². The lowest BCUT2D eigenvalue weighted by molar-refractivity contribution is -0.124. The van der Waals surface area contributed by atoms with Crippen LogP contribution in [0, 0.1) is 0 Å². The number of amides is 1. The summed E-state index contributed by atoms with van der Waals surface area (Å²) < 4.78 is 0. The minimum absolute atomic E-state index is 0.0475. The molecule has 2 aliphatic rings. The first-order valence-corrected chi connectivity index (χ1v) is 6.46. The van der Waals surface area contributed by atoms with Crippen molar-refractivity contribution in [3.05, 3.63) is 29.3 Å². The van der Waals surface area contributed by atoms with Crippen LogP contribution in [0.5, 0.6) is 0 Å². The van der Waals surface area contributed by atoms with Gasteiger partial charge in [-0.15, -0.1) is 0 Å². The van der Waals surface area contributed by atoms with E-state index in [1.807, 2.05) is 0 Å². The molecular formula is C14H17N3O. The maximum Gasteiger partial charge on any atom is 0.226 e. The van der Waals surface area contributed by atoms with E-state index in [1.54, 1.807) is 11.8 Å². The number of carbonyl (C=O) groups excluding carboxylic acids is 1. The minimum Gasteiger partial charge on any atom is -0.326 e. The number of hydrogen-bond donors (Lipinski definition) is 1. The van der Waals surface area contributed by atoms with Gasteiger partial charge in [0.2, 0.25) is 11.9 Å². The molecule has 0 fully saturated rings. The van der Waals surface area contributed by atoms with E-state index < -0.39 is 0 Å². The van der Waals surface area contributed by atoms with Crippen molar-refractivity contribution in [2.75, 3.05) is 18.4 Å². The Hall–Kier alpha value is -1.84. The number of hydrogen-bond acceptors (Lipinski definition) is 3. The smallest absolute Gasteiger partial charge is 0.226 e. The summed E-state index contributed by atoms with van der Waals surface area (Å²) in [7, 11) is 0. The highest BCUT2D eigenvalue weighted by Crippen LogP contribution is 2.29. The third-order valence-electron chi connectivity index (χ3n) is 3.61. The van der Waals surface area contributed by atoms with Gasteiger partial charge in [-0.3, -0.25) is 14.7 Å². The lowest BCUT2D eigenvalue weighted by atomic mass is 10.1. The zero-order chi connectivity index (χ0) is 12.5. The lowest BCUT2D eigenvalue weighted by Gasteiger charge is -2.18. The predicted molar refractivity (Wildman–Crippen MR) is 71.8 cm³/mol. The SMILES string of the molecule is CC(=O)N1CCN=C1Nc1cccc2c1CCC2. The molecule has 0 saturated carbocycles. The molecule has 4 heteroatoms. The molecule has 1 N–H and O–H groups in total. The van der Waals surface area contributed by atoms with Gasteiger partial charge in [0.1, 0.15) is 0 Å². The van der Waals surface area contributed by atoms with Crippen molar-refractivity contribution in [3.8, 4) is 0 Å². The molecule has 0 bridgehead atoms. The monoisotopic (exact) mass is 243 g/mol. The van der Waals surface area contributed by atoms with E-state index in [4.69, 9.17) is 0 Å². The molecule has 1 aromatic rings. The van der Waals surface area contributed by atoms with E-state index in [2.05, 4.69) is 28.5 Å². The zero-order valence-corrected chi connectivity index (χ0v) is 10.6. The third-order valence-corrected chi connectivity index (χ3v) is 3.61. The van der Waals surface area contributed by atoms with Crippen molar-refractivity contribution in [1.29, 1.82) is 0 Å². The normalized spacial score (nSPS) is 17.6. The molecule has 0 atom stereocenters. The van der Waals surface area contributed by atoms with Gasteiger partial charge in [0.05, 0.1) is 6.54 Å². The van der Waals surface area contributed by atoms with E-state index in [9.17, 15) is 4.79 Å². The summed E-state index contributed by atoms with van der Waals surface area (Å²) in [5.41, 5.74) is 3.92. The van der Waals surface area contributed by atoms with Crippen LogP contribution in [-0.2, 0) is 17.6 Å². The van der Waals surface area contributed by atoms with Gasteiger partial charge in [-0.1, -0.05) is 12.1 Å². The first-order valence-electron chi connectivity index (χ1n) is 6.46. The number of benzene rings is 1. The molecule has 18 heavy (non-hydrogen) atoms. The predicted octanol–water partition coefficient (Wildman–Crippen LogP) is 1.81. The van der Waals surface area contributed by atoms with Crippen LogP contribution in [0.2, 0.25) is 0 Å². The van der Waals surface area contributed by atoms with Crippen molar-refractivity contribution < 1.29 is 4.79 Å². The summed E-state index contributed by atoms with van der Waals surface area (Å²) in [4.78, 5) is 17.6. The van der Waals surface area contributed by atoms with E-state index >= 15 is 0 Å². The summed E-state index contributed by atoms with van der Waals surface area (Å²) in [6.45, 7) is 2.96. The number of rotatable bonds is 1. The summed E-state index contributed by atoms with van der Waals surface area (Å²) in [6, 6.07) is 6.33. The molecule has 1 aromatic carbocycles. The Morgan fingerprint density at radius 1 is 1.39 bits per heavy atom. The molecule has 3 rings (SSSR count). The third kappa shape index (κ3) is 1.88. The van der Waals surface area contributed by atoms with Crippen LogP contribution in [0.1, 0.15) is 24.5 Å². The molecular weight excluding hydrogens is 226 g/mol. The van der Waals surface area contributed by atoms with Crippen LogP contribution in [0.25, 0.3) is 0 Å². The van der Waals surface area contributed by atoms with E-state index in [1.165, 1.54) is 17.5 Å². The Kier molecular flexibility index (Phi) is 2.78. The van der Waals surface area contributed by atoms with Crippen molar-refractivity contribution in [3.63, 3.8) is 0 Å². The van der Waals surface area contributed by atoms with Crippen LogP contribution in [0.3, 0.4) is 0 Å². The molecule has 0 aromatic heterocycles. The Bertz CT molecular complexity index is 522. The minimum atomic E-state index is 0.0475. The molecule has 1 aliphatic carbocycles. The fourth-order valence-electron chi connectivity index (χ4n) is 2.72. The zero-order valence-electron chi connectivity index (χ0n) is 10.6. The number of nitrogens with one attached hydrogen (secondary N) is 1. The number of carbonyl (C=O) groups is 1. The Labute approximate surface area is 107 Å². The molecule has 0 saturated heterocycles. The van der Waals surface area contributed by atoms with Crippen LogP contribution in [0.15, 0.2) is 23.2 Å². The van der Waals surface area contributed by atoms with Gasteiger partial charge in [-0.05, 0) is 36.5 Å². The van der Waals surface area contributed by atoms with E-state index in [-0.39, 0.29) is 5.91 Å². The van der Waals surface area contributed by atoms with Gasteiger partial charge in [-0.25, -0.2) is 0 Å². The first kappa shape index (κ1) is 11.3. The first-order chi connectivity index (χ1) is 8.75. The van der Waals surface area contributed by atoms with Gasteiger partial charge >= 0.3 is 0 Å².